The van der Waals surface area contributed by atoms with Crippen molar-refractivity contribution in [3.63, 3.8) is 0 Å². The maximum atomic E-state index is 12.4. The van der Waals surface area contributed by atoms with Crippen LogP contribution in [-0.2, 0) is 16.0 Å². The van der Waals surface area contributed by atoms with Gasteiger partial charge < -0.3 is 20.1 Å². The number of carbonyl (C=O) groups excluding carboxylic acids is 2. The molecule has 2 rings (SSSR count). The van der Waals surface area contributed by atoms with Gasteiger partial charge in [-0.05, 0) is 60.9 Å². The Morgan fingerprint density at radius 1 is 1.28 bits per heavy atom. The SMILES string of the molecule is CCOC(=O)c1sc(NC(=S)NCCCn2cc(Br)cn2)c(C(=O)OCC)c1C. The maximum absolute atomic E-state index is 12.4. The summed E-state index contributed by atoms with van der Waals surface area (Å²) in [5, 5.41) is 11.1. The quantitative estimate of drug-likeness (QED) is 0.304. The van der Waals surface area contributed by atoms with Crippen molar-refractivity contribution in [2.24, 2.45) is 0 Å². The molecule has 0 saturated carbocycles. The minimum Gasteiger partial charge on any atom is -0.462 e. The second-order valence-corrected chi connectivity index (χ2v) is 8.20. The molecule has 0 radical (unpaired) electrons. The number of hydrogen-bond acceptors (Lipinski definition) is 7. The highest BCUT2D eigenvalue weighted by Crippen LogP contribution is 2.34. The molecule has 8 nitrogen and oxygen atoms in total. The van der Waals surface area contributed by atoms with Gasteiger partial charge in [-0.2, -0.15) is 5.10 Å². The number of aryl methyl sites for hydroxylation is 1. The number of carbonyl (C=O) groups is 2. The fraction of sp³-hybridized carbons (Fsp3) is 0.444. The average molecular weight is 503 g/mol. The third-order valence-electron chi connectivity index (χ3n) is 3.77. The summed E-state index contributed by atoms with van der Waals surface area (Å²) in [6.45, 7) is 6.98. The number of thiophene rings is 1. The van der Waals surface area contributed by atoms with E-state index in [2.05, 4.69) is 31.7 Å². The molecule has 0 fully saturated rings. The Hall–Kier alpha value is -1.98. The third kappa shape index (κ3) is 6.51. The minimum absolute atomic E-state index is 0.231. The molecule has 2 aromatic rings. The number of nitrogens with one attached hydrogen (secondary N) is 2. The van der Waals surface area contributed by atoms with Crippen LogP contribution in [0, 0.1) is 6.92 Å². The van der Waals surface area contributed by atoms with Gasteiger partial charge in [-0.25, -0.2) is 9.59 Å². The van der Waals surface area contributed by atoms with Crippen molar-refractivity contribution in [2.75, 3.05) is 25.1 Å². The topological polar surface area (TPSA) is 94.5 Å². The fourth-order valence-corrected chi connectivity index (χ4v) is 4.18. The number of esters is 2. The van der Waals surface area contributed by atoms with Crippen molar-refractivity contribution in [3.05, 3.63) is 32.9 Å². The first kappa shape index (κ1) is 23.3. The molecule has 11 heteroatoms. The second-order valence-electron chi connectivity index (χ2n) is 5.86. The number of ether oxygens (including phenoxy) is 2. The maximum Gasteiger partial charge on any atom is 0.348 e. The molecule has 0 amide bonds. The molecule has 0 atom stereocenters. The highest BCUT2D eigenvalue weighted by Gasteiger charge is 2.26. The Balaban J connectivity index is 2.02. The van der Waals surface area contributed by atoms with E-state index in [1.54, 1.807) is 27.0 Å². The smallest absolute Gasteiger partial charge is 0.348 e. The van der Waals surface area contributed by atoms with Gasteiger partial charge in [0.1, 0.15) is 9.88 Å². The zero-order chi connectivity index (χ0) is 21.4. The van der Waals surface area contributed by atoms with Crippen LogP contribution in [0.1, 0.15) is 45.9 Å². The number of anilines is 1. The van der Waals surface area contributed by atoms with Crippen molar-refractivity contribution in [1.29, 1.82) is 0 Å². The first-order valence-corrected chi connectivity index (χ1v) is 11.1. The molecule has 0 unspecified atom stereocenters. The zero-order valence-electron chi connectivity index (χ0n) is 16.4. The number of nitrogens with zero attached hydrogens (tertiary/aromatic N) is 2. The normalized spacial score (nSPS) is 10.5. The lowest BCUT2D eigenvalue weighted by molar-refractivity contribution is 0.0527. The van der Waals surface area contributed by atoms with Crippen LogP contribution in [0.4, 0.5) is 5.00 Å². The zero-order valence-corrected chi connectivity index (χ0v) is 19.6. The lowest BCUT2D eigenvalue weighted by atomic mass is 10.1. The molecule has 0 bridgehead atoms. The summed E-state index contributed by atoms with van der Waals surface area (Å²) in [5.41, 5.74) is 0.812. The van der Waals surface area contributed by atoms with Crippen LogP contribution < -0.4 is 10.6 Å². The summed E-state index contributed by atoms with van der Waals surface area (Å²) < 4.78 is 13.0. The Kier molecular flexibility index (Phi) is 9.05. The molecule has 0 saturated heterocycles. The van der Waals surface area contributed by atoms with Crippen molar-refractivity contribution < 1.29 is 19.1 Å². The summed E-state index contributed by atoms with van der Waals surface area (Å²) >= 11 is 9.82. The van der Waals surface area contributed by atoms with Crippen LogP contribution in [0.5, 0.6) is 0 Å². The lowest BCUT2D eigenvalue weighted by Gasteiger charge is -2.11. The molecular formula is C18H23BrN4O4S2. The van der Waals surface area contributed by atoms with E-state index in [0.29, 0.717) is 32.7 Å². The Labute approximate surface area is 187 Å². The number of aromatic nitrogens is 2. The summed E-state index contributed by atoms with van der Waals surface area (Å²) in [5.74, 6) is -0.982. The van der Waals surface area contributed by atoms with E-state index < -0.39 is 11.9 Å². The summed E-state index contributed by atoms with van der Waals surface area (Å²) in [6, 6.07) is 0. The van der Waals surface area contributed by atoms with Gasteiger partial charge >= 0.3 is 11.9 Å². The fourth-order valence-electron chi connectivity index (χ4n) is 2.49. The average Bonchev–Trinajstić information content (AvgIpc) is 3.22. The number of halogens is 1. The number of rotatable bonds is 9. The van der Waals surface area contributed by atoms with Crippen LogP contribution in [0.2, 0.25) is 0 Å². The number of thiocarbonyl (C=S) groups is 1. The predicted octanol–water partition coefficient (Wildman–Crippen LogP) is 3.75. The van der Waals surface area contributed by atoms with E-state index in [1.807, 2.05) is 10.9 Å². The lowest BCUT2D eigenvalue weighted by Crippen LogP contribution is -2.30. The number of hydrogen-bond donors (Lipinski definition) is 2. The van der Waals surface area contributed by atoms with Gasteiger partial charge in [0, 0.05) is 19.3 Å². The van der Waals surface area contributed by atoms with Crippen molar-refractivity contribution in [3.8, 4) is 0 Å². The molecule has 0 aliphatic carbocycles. The van der Waals surface area contributed by atoms with Gasteiger partial charge in [-0.15, -0.1) is 11.3 Å². The Morgan fingerprint density at radius 2 is 1.97 bits per heavy atom. The molecular weight excluding hydrogens is 480 g/mol. The van der Waals surface area contributed by atoms with Crippen molar-refractivity contribution in [1.82, 2.24) is 15.1 Å². The van der Waals surface area contributed by atoms with Gasteiger partial charge in [-0.1, -0.05) is 0 Å². The largest absolute Gasteiger partial charge is 0.462 e. The highest BCUT2D eigenvalue weighted by atomic mass is 79.9. The van der Waals surface area contributed by atoms with Crippen LogP contribution >= 0.6 is 39.5 Å². The summed E-state index contributed by atoms with van der Waals surface area (Å²) in [6.07, 6.45) is 4.43. The van der Waals surface area contributed by atoms with E-state index in [9.17, 15) is 9.59 Å². The van der Waals surface area contributed by atoms with Crippen molar-refractivity contribution in [2.45, 2.75) is 33.7 Å². The van der Waals surface area contributed by atoms with E-state index in [0.717, 1.165) is 28.8 Å². The molecule has 2 N–H and O–H groups in total. The summed E-state index contributed by atoms with van der Waals surface area (Å²) in [7, 11) is 0. The monoisotopic (exact) mass is 502 g/mol. The molecule has 2 heterocycles. The van der Waals surface area contributed by atoms with E-state index in [1.165, 1.54) is 0 Å². The van der Waals surface area contributed by atoms with E-state index in [-0.39, 0.29) is 13.2 Å². The molecule has 29 heavy (non-hydrogen) atoms. The molecule has 0 aromatic carbocycles. The van der Waals surface area contributed by atoms with Gasteiger partial charge in [0.05, 0.1) is 29.4 Å². The van der Waals surface area contributed by atoms with Gasteiger partial charge in [-0.3, -0.25) is 4.68 Å². The van der Waals surface area contributed by atoms with E-state index in [4.69, 9.17) is 21.7 Å². The second kappa shape index (κ2) is 11.3. The van der Waals surface area contributed by atoms with Crippen LogP contribution in [0.25, 0.3) is 0 Å². The van der Waals surface area contributed by atoms with Crippen LogP contribution in [0.3, 0.4) is 0 Å². The highest BCUT2D eigenvalue weighted by molar-refractivity contribution is 9.10. The molecule has 0 aliphatic heterocycles. The molecule has 0 spiro atoms. The Morgan fingerprint density at radius 3 is 2.59 bits per heavy atom. The predicted molar refractivity (Wildman–Crippen MR) is 120 cm³/mol. The first-order valence-electron chi connectivity index (χ1n) is 9.07. The summed E-state index contributed by atoms with van der Waals surface area (Å²) in [4.78, 5) is 24.9. The molecule has 0 aliphatic rings. The van der Waals surface area contributed by atoms with Gasteiger partial charge in [0.2, 0.25) is 0 Å². The van der Waals surface area contributed by atoms with Crippen LogP contribution in [0.15, 0.2) is 16.9 Å². The van der Waals surface area contributed by atoms with Crippen molar-refractivity contribution >= 4 is 61.5 Å². The molecule has 2 aromatic heterocycles. The van der Waals surface area contributed by atoms with E-state index >= 15 is 0 Å². The Bertz CT molecular complexity index is 881. The molecule has 158 valence electrons. The van der Waals surface area contributed by atoms with Gasteiger partial charge in [0.25, 0.3) is 0 Å². The van der Waals surface area contributed by atoms with Gasteiger partial charge in [0.15, 0.2) is 5.11 Å². The van der Waals surface area contributed by atoms with Crippen LogP contribution in [-0.4, -0.2) is 46.6 Å². The standard InChI is InChI=1S/C18H23BrN4O4S2/c1-4-26-16(24)13-11(3)14(17(25)27-5-2)29-15(13)22-18(28)20-7-6-8-23-10-12(19)9-21-23/h9-10H,4-8H2,1-3H3,(H2,20,22,28). The third-order valence-corrected chi connectivity index (χ3v) is 5.61. The first-order chi connectivity index (χ1) is 13.9. The minimum atomic E-state index is -0.508.